The molecule has 4 nitrogen and oxygen atoms in total. The summed E-state index contributed by atoms with van der Waals surface area (Å²) in [6, 6.07) is 9.30. The molecule has 1 atom stereocenters. The molecule has 98 valence electrons. The first kappa shape index (κ1) is 12.2. The van der Waals surface area contributed by atoms with Crippen molar-refractivity contribution in [3.8, 4) is 5.75 Å². The van der Waals surface area contributed by atoms with Gasteiger partial charge in [-0.3, -0.25) is 9.36 Å². The number of halogens is 1. The summed E-state index contributed by atoms with van der Waals surface area (Å²) in [4.78, 5) is 15.8. The van der Waals surface area contributed by atoms with Crippen molar-refractivity contribution in [2.24, 2.45) is 0 Å². The number of benzene rings is 1. The largest absolute Gasteiger partial charge is 0.493 e. The lowest BCUT2D eigenvalue weighted by Gasteiger charge is -2.26. The summed E-state index contributed by atoms with van der Waals surface area (Å²) in [5, 5.41) is 0.230. The fourth-order valence-corrected chi connectivity index (χ4v) is 2.52. The fourth-order valence-electron chi connectivity index (χ4n) is 2.38. The Kier molecular flexibility index (Phi) is 3.25. The number of aromatic nitrogens is 2. The minimum absolute atomic E-state index is 0.121. The number of rotatable bonds is 2. The van der Waals surface area contributed by atoms with E-state index < -0.39 is 0 Å². The van der Waals surface area contributed by atoms with Gasteiger partial charge in [-0.1, -0.05) is 29.8 Å². The van der Waals surface area contributed by atoms with Gasteiger partial charge in [-0.15, -0.1) is 0 Å². The van der Waals surface area contributed by atoms with Gasteiger partial charge in [0.1, 0.15) is 10.9 Å². The lowest BCUT2D eigenvalue weighted by Crippen LogP contribution is -2.25. The Labute approximate surface area is 115 Å². The van der Waals surface area contributed by atoms with E-state index in [1.807, 2.05) is 24.3 Å². The highest BCUT2D eigenvalue weighted by atomic mass is 35.5. The fraction of sp³-hybridized carbons (Fsp3) is 0.286. The van der Waals surface area contributed by atoms with Crippen molar-refractivity contribution in [1.82, 2.24) is 9.55 Å². The summed E-state index contributed by atoms with van der Waals surface area (Å²) in [5.74, 6) is 1.18. The molecule has 0 saturated carbocycles. The standard InChI is InChI=1S/C14H13ClN2O2/c15-13-7-14(18)17(9-16-13)8-10-5-6-19-12-4-2-1-3-11(10)12/h1-4,7,9-10H,5-6,8H2. The molecule has 0 N–H and O–H groups in total. The average molecular weight is 277 g/mol. The molecule has 0 spiro atoms. The second-order valence-corrected chi connectivity index (χ2v) is 4.96. The molecule has 5 heteroatoms. The Bertz CT molecular complexity index is 654. The molecule has 0 bridgehead atoms. The Hall–Kier alpha value is -1.81. The summed E-state index contributed by atoms with van der Waals surface area (Å²) < 4.78 is 7.21. The van der Waals surface area contributed by atoms with Crippen molar-refractivity contribution in [1.29, 1.82) is 0 Å². The van der Waals surface area contributed by atoms with Crippen LogP contribution in [0.3, 0.4) is 0 Å². The van der Waals surface area contributed by atoms with Crippen molar-refractivity contribution in [2.45, 2.75) is 18.9 Å². The molecule has 2 heterocycles. The molecule has 0 aliphatic carbocycles. The predicted octanol–water partition coefficient (Wildman–Crippen LogP) is 2.46. The third kappa shape index (κ3) is 2.49. The zero-order chi connectivity index (χ0) is 13.2. The smallest absolute Gasteiger partial charge is 0.254 e. The van der Waals surface area contributed by atoms with E-state index in [-0.39, 0.29) is 16.6 Å². The molecule has 3 rings (SSSR count). The molecule has 19 heavy (non-hydrogen) atoms. The van der Waals surface area contributed by atoms with Crippen LogP contribution in [-0.4, -0.2) is 16.2 Å². The van der Waals surface area contributed by atoms with Crippen LogP contribution in [0.2, 0.25) is 5.15 Å². The lowest BCUT2D eigenvalue weighted by molar-refractivity contribution is 0.258. The molecule has 0 radical (unpaired) electrons. The van der Waals surface area contributed by atoms with Crippen molar-refractivity contribution in [3.05, 3.63) is 57.7 Å². The van der Waals surface area contributed by atoms with Crippen molar-refractivity contribution in [3.63, 3.8) is 0 Å². The van der Waals surface area contributed by atoms with Crippen molar-refractivity contribution >= 4 is 11.6 Å². The number of ether oxygens (including phenoxy) is 1. The molecule has 1 unspecified atom stereocenters. The van der Waals surface area contributed by atoms with Gasteiger partial charge in [-0.2, -0.15) is 0 Å². The molecule has 1 aromatic carbocycles. The van der Waals surface area contributed by atoms with Crippen LogP contribution in [-0.2, 0) is 6.54 Å². The second-order valence-electron chi connectivity index (χ2n) is 4.57. The van der Waals surface area contributed by atoms with Crippen molar-refractivity contribution in [2.75, 3.05) is 6.61 Å². The Balaban J connectivity index is 1.90. The van der Waals surface area contributed by atoms with Gasteiger partial charge in [-0.05, 0) is 18.1 Å². The van der Waals surface area contributed by atoms with Crippen LogP contribution in [0.25, 0.3) is 0 Å². The van der Waals surface area contributed by atoms with E-state index in [1.165, 1.54) is 12.4 Å². The number of fused-ring (bicyclic) bond motifs is 1. The number of nitrogens with zero attached hydrogens (tertiary/aromatic N) is 2. The van der Waals surface area contributed by atoms with Crippen LogP contribution in [0.5, 0.6) is 5.75 Å². The van der Waals surface area contributed by atoms with E-state index in [2.05, 4.69) is 4.98 Å². The molecular weight excluding hydrogens is 264 g/mol. The van der Waals surface area contributed by atoms with Crippen molar-refractivity contribution < 1.29 is 4.74 Å². The highest BCUT2D eigenvalue weighted by Gasteiger charge is 2.21. The summed E-state index contributed by atoms with van der Waals surface area (Å²) in [7, 11) is 0. The lowest BCUT2D eigenvalue weighted by atomic mass is 9.93. The number of hydrogen-bond acceptors (Lipinski definition) is 3. The SMILES string of the molecule is O=c1cc(Cl)ncn1CC1CCOc2ccccc21. The highest BCUT2D eigenvalue weighted by Crippen LogP contribution is 2.33. The van der Waals surface area contributed by atoms with Crippen LogP contribution in [0.4, 0.5) is 0 Å². The molecule has 0 saturated heterocycles. The molecule has 1 aliphatic heterocycles. The maximum atomic E-state index is 11.8. The Morgan fingerprint density at radius 2 is 2.26 bits per heavy atom. The van der Waals surface area contributed by atoms with E-state index in [1.54, 1.807) is 4.57 Å². The van der Waals surface area contributed by atoms with Crippen LogP contribution in [0.1, 0.15) is 17.9 Å². The molecule has 1 aromatic heterocycles. The molecule has 2 aromatic rings. The minimum atomic E-state index is -0.121. The molecular formula is C14H13ClN2O2. The van der Waals surface area contributed by atoms with Gasteiger partial charge in [-0.25, -0.2) is 4.98 Å². The van der Waals surface area contributed by atoms with E-state index in [4.69, 9.17) is 16.3 Å². The van der Waals surface area contributed by atoms with E-state index in [0.29, 0.717) is 13.2 Å². The Morgan fingerprint density at radius 3 is 3.11 bits per heavy atom. The number of hydrogen-bond donors (Lipinski definition) is 0. The van der Waals surface area contributed by atoms with E-state index in [9.17, 15) is 4.79 Å². The van der Waals surface area contributed by atoms with Gasteiger partial charge < -0.3 is 4.74 Å². The maximum absolute atomic E-state index is 11.8. The van der Waals surface area contributed by atoms with Crippen LogP contribution in [0.15, 0.2) is 41.5 Å². The third-order valence-corrected chi connectivity index (χ3v) is 3.55. The molecule has 0 amide bonds. The van der Waals surface area contributed by atoms with Gasteiger partial charge in [0.05, 0.1) is 12.9 Å². The quantitative estimate of drug-likeness (QED) is 0.792. The zero-order valence-electron chi connectivity index (χ0n) is 10.3. The summed E-state index contributed by atoms with van der Waals surface area (Å²) in [6.45, 7) is 1.28. The minimum Gasteiger partial charge on any atom is -0.493 e. The first-order chi connectivity index (χ1) is 9.24. The summed E-state index contributed by atoms with van der Waals surface area (Å²) in [6.07, 6.45) is 2.40. The van der Waals surface area contributed by atoms with Gasteiger partial charge in [0, 0.05) is 18.5 Å². The van der Waals surface area contributed by atoms with Crippen LogP contribution in [0, 0.1) is 0 Å². The Morgan fingerprint density at radius 1 is 1.42 bits per heavy atom. The summed E-state index contributed by atoms with van der Waals surface area (Å²) in [5.41, 5.74) is 1.03. The van der Waals surface area contributed by atoms with Crippen LogP contribution >= 0.6 is 11.6 Å². The molecule has 0 fully saturated rings. The van der Waals surface area contributed by atoms with Gasteiger partial charge in [0.25, 0.3) is 5.56 Å². The van der Waals surface area contributed by atoms with Crippen LogP contribution < -0.4 is 10.3 Å². The third-order valence-electron chi connectivity index (χ3n) is 3.35. The van der Waals surface area contributed by atoms with E-state index >= 15 is 0 Å². The molecule has 1 aliphatic rings. The van der Waals surface area contributed by atoms with E-state index in [0.717, 1.165) is 17.7 Å². The number of para-hydroxylation sites is 1. The monoisotopic (exact) mass is 276 g/mol. The average Bonchev–Trinajstić information content (AvgIpc) is 2.42. The normalized spacial score (nSPS) is 17.6. The second kappa shape index (κ2) is 5.05. The topological polar surface area (TPSA) is 44.1 Å². The maximum Gasteiger partial charge on any atom is 0.254 e. The van der Waals surface area contributed by atoms with Gasteiger partial charge in [0.2, 0.25) is 0 Å². The first-order valence-electron chi connectivity index (χ1n) is 6.18. The summed E-state index contributed by atoms with van der Waals surface area (Å²) >= 11 is 5.70. The van der Waals surface area contributed by atoms with Gasteiger partial charge in [0.15, 0.2) is 0 Å². The predicted molar refractivity (Wildman–Crippen MR) is 72.8 cm³/mol. The van der Waals surface area contributed by atoms with Gasteiger partial charge >= 0.3 is 0 Å². The zero-order valence-corrected chi connectivity index (χ0v) is 11.0. The highest BCUT2D eigenvalue weighted by molar-refractivity contribution is 6.29. The first-order valence-corrected chi connectivity index (χ1v) is 6.55.